The van der Waals surface area contributed by atoms with E-state index in [-0.39, 0.29) is 18.3 Å². The largest absolute Gasteiger partial charge is 0.411 e. The Labute approximate surface area is 96.1 Å². The topological polar surface area (TPSA) is 74.2 Å². The maximum atomic E-state index is 11.8. The average Bonchev–Trinajstić information content (AvgIpc) is 2.65. The number of ether oxygens (including phenoxy) is 1. The van der Waals surface area contributed by atoms with E-state index < -0.39 is 18.3 Å². The predicted molar refractivity (Wildman–Crippen MR) is 51.8 cm³/mol. The molecule has 0 aliphatic rings. The third-order valence-corrected chi connectivity index (χ3v) is 2.19. The van der Waals surface area contributed by atoms with Crippen molar-refractivity contribution in [3.05, 3.63) is 11.7 Å². The lowest BCUT2D eigenvalue weighted by atomic mass is 10.0. The van der Waals surface area contributed by atoms with Crippen molar-refractivity contribution in [2.75, 3.05) is 6.61 Å². The fourth-order valence-electron chi connectivity index (χ4n) is 0.954. The molecule has 2 N–H and O–H groups in total. The van der Waals surface area contributed by atoms with Crippen LogP contribution in [-0.2, 0) is 16.9 Å². The minimum atomic E-state index is -4.36. The van der Waals surface area contributed by atoms with Gasteiger partial charge in [0, 0.05) is 0 Å². The zero-order chi connectivity index (χ0) is 13.1. The lowest BCUT2D eigenvalue weighted by Crippen LogP contribution is -2.32. The van der Waals surface area contributed by atoms with Crippen molar-refractivity contribution in [3.8, 4) is 0 Å². The van der Waals surface area contributed by atoms with Crippen LogP contribution >= 0.6 is 0 Å². The highest BCUT2D eigenvalue weighted by Crippen LogP contribution is 2.19. The molecule has 17 heavy (non-hydrogen) atoms. The van der Waals surface area contributed by atoms with Gasteiger partial charge < -0.3 is 15.0 Å². The Hall–Kier alpha value is -1.15. The highest BCUT2D eigenvalue weighted by atomic mass is 19.4. The number of nitrogens with two attached hydrogens (primary N) is 1. The number of aromatic nitrogens is 2. The molecule has 1 heterocycles. The van der Waals surface area contributed by atoms with Gasteiger partial charge >= 0.3 is 6.18 Å². The van der Waals surface area contributed by atoms with E-state index in [1.54, 1.807) is 6.92 Å². The smallest absolute Gasteiger partial charge is 0.364 e. The van der Waals surface area contributed by atoms with E-state index in [4.69, 9.17) is 10.3 Å². The number of alkyl halides is 3. The summed E-state index contributed by atoms with van der Waals surface area (Å²) in [6.07, 6.45) is -3.80. The molecular formula is C9H14F3N3O2. The van der Waals surface area contributed by atoms with Gasteiger partial charge in [-0.05, 0) is 13.3 Å². The molecular weight excluding hydrogens is 239 g/mol. The Morgan fingerprint density at radius 2 is 2.06 bits per heavy atom. The van der Waals surface area contributed by atoms with Crippen LogP contribution in [0.1, 0.15) is 32.0 Å². The predicted octanol–water partition coefficient (Wildman–Crippen LogP) is 1.73. The van der Waals surface area contributed by atoms with E-state index in [1.165, 1.54) is 0 Å². The summed E-state index contributed by atoms with van der Waals surface area (Å²) < 4.78 is 44.6. The molecule has 0 fully saturated rings. The first-order valence-electron chi connectivity index (χ1n) is 5.01. The van der Waals surface area contributed by atoms with Crippen LogP contribution in [0.3, 0.4) is 0 Å². The standard InChI is InChI=1S/C9H14F3N3O2/c1-3-8(2,13)7-14-6(15-17-7)4-16-5-9(10,11)12/h3-5,13H2,1-2H3. The molecule has 1 rings (SSSR count). The van der Waals surface area contributed by atoms with Crippen molar-refractivity contribution in [2.24, 2.45) is 5.73 Å². The molecule has 0 spiro atoms. The second-order valence-corrected chi connectivity index (χ2v) is 3.89. The maximum absolute atomic E-state index is 11.8. The van der Waals surface area contributed by atoms with Crippen molar-refractivity contribution in [2.45, 2.75) is 38.6 Å². The Morgan fingerprint density at radius 1 is 1.41 bits per heavy atom. The van der Waals surface area contributed by atoms with Crippen molar-refractivity contribution >= 4 is 0 Å². The molecule has 8 heteroatoms. The zero-order valence-electron chi connectivity index (χ0n) is 9.54. The van der Waals surface area contributed by atoms with E-state index in [1.807, 2.05) is 6.92 Å². The Kier molecular flexibility index (Phi) is 4.10. The van der Waals surface area contributed by atoms with E-state index in [0.29, 0.717) is 6.42 Å². The maximum Gasteiger partial charge on any atom is 0.411 e. The van der Waals surface area contributed by atoms with Gasteiger partial charge in [0.05, 0.1) is 5.54 Å². The minimum Gasteiger partial charge on any atom is -0.364 e. The summed E-state index contributed by atoms with van der Waals surface area (Å²) in [5.41, 5.74) is 5.05. The first-order valence-corrected chi connectivity index (χ1v) is 5.01. The molecule has 0 bridgehead atoms. The lowest BCUT2D eigenvalue weighted by molar-refractivity contribution is -0.177. The van der Waals surface area contributed by atoms with Crippen LogP contribution in [-0.4, -0.2) is 22.9 Å². The van der Waals surface area contributed by atoms with Crippen LogP contribution in [0.15, 0.2) is 4.52 Å². The summed E-state index contributed by atoms with van der Waals surface area (Å²) in [7, 11) is 0. The number of halogens is 3. The Morgan fingerprint density at radius 3 is 2.59 bits per heavy atom. The SMILES string of the molecule is CCC(C)(N)c1nc(COCC(F)(F)F)no1. The molecule has 1 atom stereocenters. The van der Waals surface area contributed by atoms with Crippen LogP contribution in [0.2, 0.25) is 0 Å². The summed E-state index contributed by atoms with van der Waals surface area (Å²) in [4.78, 5) is 3.88. The molecule has 1 unspecified atom stereocenters. The molecule has 0 radical (unpaired) electrons. The number of hydrogen-bond donors (Lipinski definition) is 1. The molecule has 0 saturated carbocycles. The lowest BCUT2D eigenvalue weighted by Gasteiger charge is -2.16. The van der Waals surface area contributed by atoms with E-state index in [9.17, 15) is 13.2 Å². The van der Waals surface area contributed by atoms with Crippen molar-refractivity contribution in [1.29, 1.82) is 0 Å². The van der Waals surface area contributed by atoms with Gasteiger partial charge in [0.2, 0.25) is 5.89 Å². The Bertz CT molecular complexity index is 363. The summed E-state index contributed by atoms with van der Waals surface area (Å²) in [5.74, 6) is 0.236. The number of hydrogen-bond acceptors (Lipinski definition) is 5. The molecule has 98 valence electrons. The van der Waals surface area contributed by atoms with Gasteiger partial charge in [-0.2, -0.15) is 18.2 Å². The van der Waals surface area contributed by atoms with Gasteiger partial charge in [0.25, 0.3) is 0 Å². The molecule has 0 saturated heterocycles. The van der Waals surface area contributed by atoms with Gasteiger partial charge in [0.1, 0.15) is 13.2 Å². The fourth-order valence-corrected chi connectivity index (χ4v) is 0.954. The van der Waals surface area contributed by atoms with E-state index >= 15 is 0 Å². The van der Waals surface area contributed by atoms with Gasteiger partial charge in [-0.3, -0.25) is 0 Å². The summed E-state index contributed by atoms with van der Waals surface area (Å²) in [6.45, 7) is 1.83. The van der Waals surface area contributed by atoms with Crippen LogP contribution in [0.4, 0.5) is 13.2 Å². The van der Waals surface area contributed by atoms with E-state index in [2.05, 4.69) is 14.9 Å². The molecule has 0 amide bonds. The minimum absolute atomic E-state index is 0.0503. The first kappa shape index (κ1) is 13.9. The Balaban J connectivity index is 2.52. The monoisotopic (exact) mass is 253 g/mol. The number of nitrogens with zero attached hydrogens (tertiary/aromatic N) is 2. The quantitative estimate of drug-likeness (QED) is 0.865. The second-order valence-electron chi connectivity index (χ2n) is 3.89. The number of rotatable bonds is 5. The van der Waals surface area contributed by atoms with E-state index in [0.717, 1.165) is 0 Å². The van der Waals surface area contributed by atoms with Crippen molar-refractivity contribution < 1.29 is 22.4 Å². The summed E-state index contributed by atoms with van der Waals surface area (Å²) in [5, 5.41) is 3.49. The first-order chi connectivity index (χ1) is 7.74. The van der Waals surface area contributed by atoms with Crippen LogP contribution in [0.5, 0.6) is 0 Å². The van der Waals surface area contributed by atoms with Crippen molar-refractivity contribution in [1.82, 2.24) is 10.1 Å². The summed E-state index contributed by atoms with van der Waals surface area (Å²) in [6, 6.07) is 0. The third kappa shape index (κ3) is 4.31. The fraction of sp³-hybridized carbons (Fsp3) is 0.778. The molecule has 0 aliphatic carbocycles. The summed E-state index contributed by atoms with van der Waals surface area (Å²) >= 11 is 0. The molecule has 1 aromatic rings. The second kappa shape index (κ2) is 5.01. The third-order valence-electron chi connectivity index (χ3n) is 2.19. The zero-order valence-corrected chi connectivity index (χ0v) is 9.54. The molecule has 0 aliphatic heterocycles. The van der Waals surface area contributed by atoms with Gasteiger partial charge in [0.15, 0.2) is 5.82 Å². The van der Waals surface area contributed by atoms with Crippen molar-refractivity contribution in [3.63, 3.8) is 0 Å². The molecule has 1 aromatic heterocycles. The highest BCUT2D eigenvalue weighted by molar-refractivity contribution is 4.98. The van der Waals surface area contributed by atoms with Crippen LogP contribution in [0, 0.1) is 0 Å². The normalized spacial score (nSPS) is 15.9. The van der Waals surface area contributed by atoms with Crippen LogP contribution < -0.4 is 5.73 Å². The highest BCUT2D eigenvalue weighted by Gasteiger charge is 2.29. The molecule has 5 nitrogen and oxygen atoms in total. The van der Waals surface area contributed by atoms with Gasteiger partial charge in [-0.25, -0.2) is 0 Å². The van der Waals surface area contributed by atoms with Gasteiger partial charge in [-0.1, -0.05) is 12.1 Å². The molecule has 0 aromatic carbocycles. The average molecular weight is 253 g/mol. The van der Waals surface area contributed by atoms with Gasteiger partial charge in [-0.15, -0.1) is 0 Å². The van der Waals surface area contributed by atoms with Crippen LogP contribution in [0.25, 0.3) is 0 Å².